The van der Waals surface area contributed by atoms with Crippen LogP contribution in [0.3, 0.4) is 0 Å². The van der Waals surface area contributed by atoms with Crippen molar-refractivity contribution in [3.05, 3.63) is 99.5 Å². The Hall–Kier alpha value is -3.67. The number of esters is 1. The molecule has 3 aromatic rings. The average molecular weight is 391 g/mol. The zero-order chi connectivity index (χ0) is 21.0. The lowest BCUT2D eigenvalue weighted by molar-refractivity contribution is 0.0523. The fraction of sp³-hybridized carbons (Fsp3) is 0.174. The maximum atomic E-state index is 13.0. The van der Waals surface area contributed by atoms with E-state index < -0.39 is 23.4 Å². The van der Waals surface area contributed by atoms with E-state index in [1.54, 1.807) is 26.0 Å². The fourth-order valence-corrected chi connectivity index (χ4v) is 3.08. The van der Waals surface area contributed by atoms with Crippen molar-refractivity contribution in [1.29, 1.82) is 0 Å². The van der Waals surface area contributed by atoms with Gasteiger partial charge in [0, 0.05) is 11.8 Å². The Morgan fingerprint density at radius 2 is 1.69 bits per heavy atom. The Labute approximate surface area is 168 Å². The minimum absolute atomic E-state index is 0.0832. The number of hydrogen-bond acceptors (Lipinski definition) is 5. The maximum absolute atomic E-state index is 13.0. The van der Waals surface area contributed by atoms with Crippen LogP contribution in [0.5, 0.6) is 5.75 Å². The Bertz CT molecular complexity index is 1100. The van der Waals surface area contributed by atoms with Crippen LogP contribution in [-0.4, -0.2) is 28.0 Å². The van der Waals surface area contributed by atoms with Gasteiger partial charge in [-0.15, -0.1) is 0 Å². The first kappa shape index (κ1) is 20.1. The van der Waals surface area contributed by atoms with Gasteiger partial charge in [0.1, 0.15) is 11.3 Å². The van der Waals surface area contributed by atoms with E-state index in [2.05, 4.69) is 0 Å². The summed E-state index contributed by atoms with van der Waals surface area (Å²) < 4.78 is 6.34. The van der Waals surface area contributed by atoms with Gasteiger partial charge in [0.2, 0.25) is 0 Å². The standard InChI is InChI=1S/C23H21NO5/c1-3-29-23(28)19-13-17(21(26)18-11-7-8-12-20(18)25)14-24(22(19)27)15(2)16-9-5-4-6-10-16/h4-15,25H,3H2,1-2H3/t15-/m0/s1. The number of pyridine rings is 1. The number of ketones is 1. The summed E-state index contributed by atoms with van der Waals surface area (Å²) in [7, 11) is 0. The molecule has 0 aliphatic rings. The van der Waals surface area contributed by atoms with Crippen LogP contribution in [0.2, 0.25) is 0 Å². The van der Waals surface area contributed by atoms with E-state index in [1.165, 1.54) is 29.0 Å². The van der Waals surface area contributed by atoms with Crippen LogP contribution in [-0.2, 0) is 4.74 Å². The van der Waals surface area contributed by atoms with Crippen LogP contribution in [0.4, 0.5) is 0 Å². The summed E-state index contributed by atoms with van der Waals surface area (Å²) in [6.45, 7) is 3.55. The Morgan fingerprint density at radius 1 is 1.03 bits per heavy atom. The number of phenolic OH excluding ortho intramolecular Hbond substituents is 1. The van der Waals surface area contributed by atoms with Crippen LogP contribution >= 0.6 is 0 Å². The van der Waals surface area contributed by atoms with Gasteiger partial charge in [-0.3, -0.25) is 9.59 Å². The highest BCUT2D eigenvalue weighted by molar-refractivity contribution is 6.11. The Morgan fingerprint density at radius 3 is 2.34 bits per heavy atom. The molecule has 0 aliphatic carbocycles. The molecule has 1 aromatic heterocycles. The third kappa shape index (κ3) is 4.11. The molecule has 0 aliphatic heterocycles. The van der Waals surface area contributed by atoms with Gasteiger partial charge in [0.15, 0.2) is 5.78 Å². The molecule has 0 amide bonds. The van der Waals surface area contributed by atoms with Gasteiger partial charge in [0.25, 0.3) is 5.56 Å². The number of ether oxygens (including phenoxy) is 1. The molecule has 3 rings (SSSR count). The lowest BCUT2D eigenvalue weighted by atomic mass is 10.0. The summed E-state index contributed by atoms with van der Waals surface area (Å²) in [6, 6.07) is 16.2. The molecule has 1 N–H and O–H groups in total. The molecule has 0 unspecified atom stereocenters. The van der Waals surface area contributed by atoms with E-state index in [4.69, 9.17) is 4.74 Å². The van der Waals surface area contributed by atoms with Gasteiger partial charge in [-0.2, -0.15) is 0 Å². The number of phenols is 1. The monoisotopic (exact) mass is 391 g/mol. The van der Waals surface area contributed by atoms with Gasteiger partial charge in [-0.25, -0.2) is 4.79 Å². The van der Waals surface area contributed by atoms with Gasteiger partial charge in [-0.05, 0) is 37.6 Å². The zero-order valence-corrected chi connectivity index (χ0v) is 16.2. The van der Waals surface area contributed by atoms with Crippen molar-refractivity contribution in [2.24, 2.45) is 0 Å². The highest BCUT2D eigenvalue weighted by Gasteiger charge is 2.22. The topological polar surface area (TPSA) is 85.6 Å². The first-order valence-corrected chi connectivity index (χ1v) is 9.25. The molecule has 148 valence electrons. The zero-order valence-electron chi connectivity index (χ0n) is 16.2. The largest absolute Gasteiger partial charge is 0.507 e. The summed E-state index contributed by atoms with van der Waals surface area (Å²) in [5.74, 6) is -1.47. The number of nitrogens with zero attached hydrogens (tertiary/aromatic N) is 1. The van der Waals surface area contributed by atoms with Crippen LogP contribution in [0.15, 0.2) is 71.7 Å². The van der Waals surface area contributed by atoms with Crippen molar-refractivity contribution in [3.8, 4) is 5.75 Å². The summed E-state index contributed by atoms with van der Waals surface area (Å²) in [6.07, 6.45) is 1.41. The van der Waals surface area contributed by atoms with Crippen molar-refractivity contribution in [2.75, 3.05) is 6.61 Å². The Balaban J connectivity index is 2.18. The second-order valence-corrected chi connectivity index (χ2v) is 6.51. The van der Waals surface area contributed by atoms with Crippen LogP contribution in [0.25, 0.3) is 0 Å². The van der Waals surface area contributed by atoms with Gasteiger partial charge in [0.05, 0.1) is 18.2 Å². The molecule has 1 atom stereocenters. The molecule has 0 saturated carbocycles. The van der Waals surface area contributed by atoms with E-state index in [9.17, 15) is 19.5 Å². The molecule has 0 bridgehead atoms. The lowest BCUT2D eigenvalue weighted by Crippen LogP contribution is -2.31. The quantitative estimate of drug-likeness (QED) is 0.513. The Kier molecular flexibility index (Phi) is 5.93. The predicted molar refractivity (Wildman–Crippen MR) is 108 cm³/mol. The molecule has 6 heteroatoms. The molecule has 0 radical (unpaired) electrons. The van der Waals surface area contributed by atoms with E-state index in [0.29, 0.717) is 0 Å². The highest BCUT2D eigenvalue weighted by Crippen LogP contribution is 2.22. The number of aromatic nitrogens is 1. The number of carbonyl (C=O) groups is 2. The molecule has 29 heavy (non-hydrogen) atoms. The normalized spacial score (nSPS) is 11.7. The number of carbonyl (C=O) groups excluding carboxylic acids is 2. The smallest absolute Gasteiger partial charge is 0.343 e. The molecule has 0 fully saturated rings. The van der Waals surface area contributed by atoms with Gasteiger partial charge < -0.3 is 14.4 Å². The van der Waals surface area contributed by atoms with Gasteiger partial charge >= 0.3 is 5.97 Å². The van der Waals surface area contributed by atoms with E-state index >= 15 is 0 Å². The molecule has 0 spiro atoms. The first-order chi connectivity index (χ1) is 13.9. The number of hydrogen-bond donors (Lipinski definition) is 1. The van der Waals surface area contributed by atoms with Crippen molar-refractivity contribution in [1.82, 2.24) is 4.57 Å². The third-order valence-corrected chi connectivity index (χ3v) is 4.65. The molecular formula is C23H21NO5. The molecule has 6 nitrogen and oxygen atoms in total. The molecule has 0 saturated heterocycles. The minimum Gasteiger partial charge on any atom is -0.507 e. The van der Waals surface area contributed by atoms with Gasteiger partial charge in [-0.1, -0.05) is 42.5 Å². The lowest BCUT2D eigenvalue weighted by Gasteiger charge is -2.18. The summed E-state index contributed by atoms with van der Waals surface area (Å²) in [5.41, 5.74) is 0.262. The summed E-state index contributed by atoms with van der Waals surface area (Å²) in [4.78, 5) is 38.3. The van der Waals surface area contributed by atoms with Crippen molar-refractivity contribution >= 4 is 11.8 Å². The van der Waals surface area contributed by atoms with Crippen LogP contribution in [0.1, 0.15) is 51.7 Å². The highest BCUT2D eigenvalue weighted by atomic mass is 16.5. The van der Waals surface area contributed by atoms with Crippen LogP contribution in [0, 0.1) is 0 Å². The number of para-hydroxylation sites is 1. The van der Waals surface area contributed by atoms with E-state index in [0.717, 1.165) is 5.56 Å². The molecular weight excluding hydrogens is 370 g/mol. The van der Waals surface area contributed by atoms with Crippen molar-refractivity contribution < 1.29 is 19.4 Å². The SMILES string of the molecule is CCOC(=O)c1cc(C(=O)c2ccccc2O)cn([C@@H](C)c2ccccc2)c1=O. The second-order valence-electron chi connectivity index (χ2n) is 6.51. The predicted octanol–water partition coefficient (Wildman–Crippen LogP) is 3.57. The minimum atomic E-state index is -0.793. The first-order valence-electron chi connectivity index (χ1n) is 9.25. The number of benzene rings is 2. The van der Waals surface area contributed by atoms with Crippen LogP contribution < -0.4 is 5.56 Å². The average Bonchev–Trinajstić information content (AvgIpc) is 2.74. The number of rotatable bonds is 6. The summed E-state index contributed by atoms with van der Waals surface area (Å²) >= 11 is 0. The fourth-order valence-electron chi connectivity index (χ4n) is 3.08. The summed E-state index contributed by atoms with van der Waals surface area (Å²) in [5, 5.41) is 10.0. The molecule has 2 aromatic carbocycles. The van der Waals surface area contributed by atoms with E-state index in [1.807, 2.05) is 30.3 Å². The van der Waals surface area contributed by atoms with E-state index in [-0.39, 0.29) is 29.0 Å². The number of aromatic hydroxyl groups is 1. The maximum Gasteiger partial charge on any atom is 0.343 e. The second kappa shape index (κ2) is 8.56. The third-order valence-electron chi connectivity index (χ3n) is 4.65. The van der Waals surface area contributed by atoms with Crippen molar-refractivity contribution in [3.63, 3.8) is 0 Å². The molecule has 1 heterocycles. The van der Waals surface area contributed by atoms with Crippen molar-refractivity contribution in [2.45, 2.75) is 19.9 Å².